The smallest absolute Gasteiger partial charge is 0.326 e. The molecule has 5 atom stereocenters. The molecule has 5 aliphatic rings. The molecule has 60 heavy (non-hydrogen) atoms. The SMILES string of the molecule is CC(C)(C)[C@H](NC(=O)C1CCC(N2CCC(c3cnc(CC4C5CCC4CN(c4cc(-c6ccccc6O)nnc4N)C5)nc3)CC2)CC1)C(=O)N1C[C@H](O)C[C@H]1C(=O)O. The van der Waals surface area contributed by atoms with Gasteiger partial charge in [0.15, 0.2) is 5.82 Å². The Morgan fingerprint density at radius 3 is 2.22 bits per heavy atom. The number of β-amino-alcohol motifs (C(OH)–C–C–N with tert-alkyl or cyclic N) is 1. The number of nitrogens with one attached hydrogen (secondary N) is 1. The summed E-state index contributed by atoms with van der Waals surface area (Å²) in [5.74, 6) is 1.50. The van der Waals surface area contributed by atoms with Gasteiger partial charge in [0.2, 0.25) is 11.8 Å². The number of nitrogen functional groups attached to an aromatic ring is 1. The van der Waals surface area contributed by atoms with Crippen molar-refractivity contribution >= 4 is 29.3 Å². The highest BCUT2D eigenvalue weighted by atomic mass is 16.4. The number of rotatable bonds is 10. The molecule has 15 nitrogen and oxygen atoms in total. The fourth-order valence-electron chi connectivity index (χ4n) is 10.9. The number of amides is 2. The zero-order chi connectivity index (χ0) is 42.3. The molecule has 2 aromatic heterocycles. The molecule has 3 saturated heterocycles. The van der Waals surface area contributed by atoms with Gasteiger partial charge in [0, 0.05) is 62.4 Å². The van der Waals surface area contributed by atoms with Gasteiger partial charge in [-0.05, 0) is 117 Å². The fourth-order valence-corrected chi connectivity index (χ4v) is 10.9. The molecular weight excluding hydrogens is 763 g/mol. The number of aromatic nitrogens is 4. The number of nitrogens with two attached hydrogens (primary N) is 1. The van der Waals surface area contributed by atoms with E-state index < -0.39 is 35.5 Å². The van der Waals surface area contributed by atoms with Crippen LogP contribution in [0.25, 0.3) is 11.3 Å². The molecule has 2 unspecified atom stereocenters. The third kappa shape index (κ3) is 8.79. The maximum absolute atomic E-state index is 13.6. The molecule has 1 aromatic carbocycles. The van der Waals surface area contributed by atoms with Crippen LogP contribution in [0.15, 0.2) is 42.7 Å². The first-order chi connectivity index (χ1) is 28.7. The largest absolute Gasteiger partial charge is 0.507 e. The van der Waals surface area contributed by atoms with E-state index in [1.807, 2.05) is 39.0 Å². The van der Waals surface area contributed by atoms with Crippen LogP contribution in [0.3, 0.4) is 0 Å². The number of carbonyl (C=O) groups excluding carboxylic acids is 2. The number of benzene rings is 1. The topological polar surface area (TPSA) is 211 Å². The minimum absolute atomic E-state index is 0.00918. The van der Waals surface area contributed by atoms with E-state index in [0.717, 1.165) is 82.6 Å². The number of aliphatic carboxylic acids is 1. The van der Waals surface area contributed by atoms with Gasteiger partial charge in [-0.2, -0.15) is 0 Å². The third-order valence-corrected chi connectivity index (χ3v) is 14.3. The van der Waals surface area contributed by atoms with Crippen LogP contribution in [0.4, 0.5) is 11.5 Å². The van der Waals surface area contributed by atoms with Crippen molar-refractivity contribution in [3.8, 4) is 17.0 Å². The number of aliphatic hydroxyl groups is 1. The Labute approximate surface area is 352 Å². The highest BCUT2D eigenvalue weighted by Gasteiger charge is 2.46. The molecule has 15 heteroatoms. The molecule has 5 fully saturated rings. The van der Waals surface area contributed by atoms with Crippen molar-refractivity contribution < 1.29 is 29.7 Å². The van der Waals surface area contributed by atoms with Crippen LogP contribution in [-0.2, 0) is 20.8 Å². The number of aliphatic hydroxyl groups excluding tert-OH is 1. The Morgan fingerprint density at radius 2 is 1.58 bits per heavy atom. The maximum Gasteiger partial charge on any atom is 0.326 e. The quantitative estimate of drug-likeness (QED) is 0.194. The Kier molecular flexibility index (Phi) is 12.0. The lowest BCUT2D eigenvalue weighted by Crippen LogP contribution is -2.58. The molecular formula is C45H61N9O6. The molecule has 2 bridgehead atoms. The average molecular weight is 824 g/mol. The van der Waals surface area contributed by atoms with Crippen LogP contribution in [0.5, 0.6) is 5.75 Å². The van der Waals surface area contributed by atoms with Crippen LogP contribution < -0.4 is 16.0 Å². The van der Waals surface area contributed by atoms with E-state index in [2.05, 4.69) is 37.7 Å². The van der Waals surface area contributed by atoms with Crippen LogP contribution in [0, 0.1) is 29.1 Å². The van der Waals surface area contributed by atoms with Crippen molar-refractivity contribution in [2.24, 2.45) is 29.1 Å². The van der Waals surface area contributed by atoms with E-state index >= 15 is 0 Å². The molecule has 2 aliphatic carbocycles. The molecule has 0 radical (unpaired) electrons. The minimum atomic E-state index is -1.15. The van der Waals surface area contributed by atoms with E-state index in [0.29, 0.717) is 46.8 Å². The molecule has 2 saturated carbocycles. The summed E-state index contributed by atoms with van der Waals surface area (Å²) in [6.07, 6.45) is 11.8. The molecule has 6 N–H and O–H groups in total. The number of fused-ring (bicyclic) bond motifs is 2. The summed E-state index contributed by atoms with van der Waals surface area (Å²) in [5, 5.41) is 41.7. The second-order valence-corrected chi connectivity index (χ2v) is 19.2. The van der Waals surface area contributed by atoms with Gasteiger partial charge in [0.25, 0.3) is 0 Å². The van der Waals surface area contributed by atoms with E-state index in [-0.39, 0.29) is 30.5 Å². The Balaban J connectivity index is 0.798. The monoisotopic (exact) mass is 823 g/mol. The average Bonchev–Trinajstić information content (AvgIpc) is 3.74. The Hall–Kier alpha value is -4.89. The standard InChI is InChI=1S/C45H61N9O6/c1-45(2,3)40(43(58)54-25-32(55)18-37(54)44(59)60)49-42(57)27-10-12-31(13-11-27)52-16-14-26(15-17-52)30-21-47-39(48-22-30)19-34-28-8-9-29(34)24-53(23-28)36-20-35(50-51-41(36)46)33-6-4-5-7-38(33)56/h4-7,20-22,26-29,31-32,34,37,40,55-56H,8-19,23-25H2,1-3H3,(H2,46,51)(H,49,57)(H,59,60)/t27?,28?,29?,31?,32-,34?,37+,40-/m1/s1. The fraction of sp³-hybridized carbons (Fsp3) is 0.622. The first-order valence-electron chi connectivity index (χ1n) is 22.0. The molecule has 0 spiro atoms. The van der Waals surface area contributed by atoms with Gasteiger partial charge in [-0.3, -0.25) is 9.59 Å². The van der Waals surface area contributed by atoms with Crippen LogP contribution in [0.2, 0.25) is 0 Å². The lowest BCUT2D eigenvalue weighted by atomic mass is 9.81. The van der Waals surface area contributed by atoms with Gasteiger partial charge >= 0.3 is 5.97 Å². The highest BCUT2D eigenvalue weighted by Crippen LogP contribution is 2.46. The number of aromatic hydroxyl groups is 1. The van der Waals surface area contributed by atoms with Crippen molar-refractivity contribution in [3.05, 3.63) is 54.1 Å². The van der Waals surface area contributed by atoms with Crippen LogP contribution in [0.1, 0.15) is 95.9 Å². The number of para-hydroxylation sites is 1. The lowest BCUT2D eigenvalue weighted by Gasteiger charge is -2.41. The van der Waals surface area contributed by atoms with Gasteiger partial charge in [-0.25, -0.2) is 14.8 Å². The van der Waals surface area contributed by atoms with Crippen molar-refractivity contribution in [2.75, 3.05) is 43.4 Å². The lowest BCUT2D eigenvalue weighted by molar-refractivity contribution is -0.151. The number of hydrogen-bond donors (Lipinski definition) is 5. The molecule has 2 amide bonds. The Bertz CT molecular complexity index is 2010. The maximum atomic E-state index is 13.6. The van der Waals surface area contributed by atoms with E-state index in [9.17, 15) is 29.7 Å². The molecule has 3 aromatic rings. The van der Waals surface area contributed by atoms with Crippen LogP contribution in [-0.4, -0.2) is 120 Å². The molecule has 3 aliphatic heterocycles. The van der Waals surface area contributed by atoms with Gasteiger partial charge < -0.3 is 41.1 Å². The van der Waals surface area contributed by atoms with Gasteiger partial charge in [0.05, 0.1) is 17.5 Å². The zero-order valence-corrected chi connectivity index (χ0v) is 35.1. The number of likely N-dealkylation sites (tertiary alicyclic amines) is 2. The summed E-state index contributed by atoms with van der Waals surface area (Å²) in [5.41, 5.74) is 9.06. The number of hydrogen-bond acceptors (Lipinski definition) is 12. The molecule has 5 heterocycles. The summed E-state index contributed by atoms with van der Waals surface area (Å²) < 4.78 is 0. The minimum Gasteiger partial charge on any atom is -0.507 e. The highest BCUT2D eigenvalue weighted by molar-refractivity contribution is 5.92. The number of anilines is 2. The summed E-state index contributed by atoms with van der Waals surface area (Å²) in [4.78, 5) is 54.9. The van der Waals surface area contributed by atoms with Crippen LogP contribution >= 0.6 is 0 Å². The van der Waals surface area contributed by atoms with Crippen molar-refractivity contribution in [1.29, 1.82) is 0 Å². The number of phenolic OH excluding ortho intramolecular Hbond substituents is 1. The third-order valence-electron chi connectivity index (χ3n) is 14.3. The second kappa shape index (κ2) is 17.2. The predicted molar refractivity (Wildman–Crippen MR) is 226 cm³/mol. The van der Waals surface area contributed by atoms with Gasteiger partial charge in [-0.1, -0.05) is 32.9 Å². The van der Waals surface area contributed by atoms with Crippen molar-refractivity contribution in [1.82, 2.24) is 35.3 Å². The van der Waals surface area contributed by atoms with E-state index in [1.165, 1.54) is 23.3 Å². The number of carbonyl (C=O) groups is 3. The number of carboxylic acid groups (broad SMARTS) is 1. The summed E-state index contributed by atoms with van der Waals surface area (Å²) in [6.45, 7) is 9.32. The van der Waals surface area contributed by atoms with E-state index in [4.69, 9.17) is 15.7 Å². The molecule has 322 valence electrons. The normalized spacial score (nSPS) is 28.1. The number of carboxylic acids is 1. The second-order valence-electron chi connectivity index (χ2n) is 19.2. The van der Waals surface area contributed by atoms with Gasteiger partial charge in [0.1, 0.15) is 23.7 Å². The Morgan fingerprint density at radius 1 is 0.917 bits per heavy atom. The summed E-state index contributed by atoms with van der Waals surface area (Å²) in [6, 6.07) is 7.55. The van der Waals surface area contributed by atoms with Crippen molar-refractivity contribution in [2.45, 2.75) is 115 Å². The number of nitrogens with zero attached hydrogens (tertiary/aromatic N) is 7. The number of phenols is 1. The predicted octanol–water partition coefficient (Wildman–Crippen LogP) is 4.24. The first-order valence-corrected chi connectivity index (χ1v) is 22.0. The first kappa shape index (κ1) is 41.8. The summed E-state index contributed by atoms with van der Waals surface area (Å²) >= 11 is 0. The van der Waals surface area contributed by atoms with E-state index in [1.54, 1.807) is 12.1 Å². The molecule has 8 rings (SSSR count). The zero-order valence-electron chi connectivity index (χ0n) is 35.1. The van der Waals surface area contributed by atoms with Crippen molar-refractivity contribution in [3.63, 3.8) is 0 Å². The summed E-state index contributed by atoms with van der Waals surface area (Å²) in [7, 11) is 0. The number of piperidine rings is 2. The van der Waals surface area contributed by atoms with Gasteiger partial charge in [-0.15, -0.1) is 10.2 Å².